The van der Waals surface area contributed by atoms with E-state index in [4.69, 9.17) is 0 Å². The van der Waals surface area contributed by atoms with Crippen molar-refractivity contribution >= 4 is 26.7 Å². The molecule has 0 heterocycles. The Balaban J connectivity index is 1.88. The molecule has 0 radical (unpaired) electrons. The van der Waals surface area contributed by atoms with Gasteiger partial charge in [0.15, 0.2) is 0 Å². The third-order valence-corrected chi connectivity index (χ3v) is 4.22. The molecule has 0 saturated carbocycles. The summed E-state index contributed by atoms with van der Waals surface area (Å²) in [5.41, 5.74) is 0.641. The molecular formula is C12H9O2S2-. The molecule has 0 aromatic carbocycles. The van der Waals surface area contributed by atoms with Gasteiger partial charge in [0.25, 0.3) is 0 Å². The average Bonchev–Trinajstić information content (AvgIpc) is 2.95. The highest BCUT2D eigenvalue weighted by Crippen LogP contribution is 2.34. The Hall–Kier alpha value is -1.13. The summed E-state index contributed by atoms with van der Waals surface area (Å²) in [6.07, 6.45) is 14.4. The molecule has 0 spiro atoms. The topological polar surface area (TPSA) is 40.1 Å². The third kappa shape index (κ3) is 2.71. The molecule has 0 atom stereocenters. The molecule has 2 aliphatic rings. The monoisotopic (exact) mass is 249 g/mol. The molecule has 0 aliphatic heterocycles. The smallest absolute Gasteiger partial charge is 0.210 e. The molecule has 2 rings (SSSR count). The molecule has 0 bridgehead atoms. The highest BCUT2D eigenvalue weighted by molar-refractivity contribution is 8.83. The summed E-state index contributed by atoms with van der Waals surface area (Å²) in [7, 11) is 2.00. The highest BCUT2D eigenvalue weighted by Gasteiger charge is 2.15. The summed E-state index contributed by atoms with van der Waals surface area (Å²) in [4.78, 5) is 11.6. The van der Waals surface area contributed by atoms with Crippen molar-refractivity contribution in [1.82, 2.24) is 0 Å². The fourth-order valence-electron chi connectivity index (χ4n) is 1.28. The Morgan fingerprint density at radius 1 is 1.06 bits per heavy atom. The van der Waals surface area contributed by atoms with Gasteiger partial charge in [-0.05, 0) is 16.4 Å². The van der Waals surface area contributed by atoms with E-state index in [1.165, 1.54) is 0 Å². The van der Waals surface area contributed by atoms with E-state index in [-0.39, 0.29) is 16.1 Å². The Labute approximate surface area is 102 Å². The first kappa shape index (κ1) is 11.4. The second-order valence-electron chi connectivity index (χ2n) is 3.24. The van der Waals surface area contributed by atoms with Crippen molar-refractivity contribution < 1.29 is 9.90 Å². The van der Waals surface area contributed by atoms with E-state index >= 15 is 0 Å². The zero-order valence-electron chi connectivity index (χ0n) is 8.33. The van der Waals surface area contributed by atoms with Crippen LogP contribution in [0.3, 0.4) is 0 Å². The van der Waals surface area contributed by atoms with Crippen molar-refractivity contribution in [1.29, 1.82) is 0 Å². The van der Waals surface area contributed by atoms with Crippen LogP contribution in [-0.4, -0.2) is 5.12 Å². The summed E-state index contributed by atoms with van der Waals surface area (Å²) in [5.74, 6) is -0.176. The lowest BCUT2D eigenvalue weighted by atomic mass is 10.2. The fraction of sp³-hybridized carbons (Fsp3) is 0.0833. The van der Waals surface area contributed by atoms with Gasteiger partial charge in [-0.3, -0.25) is 4.79 Å². The minimum absolute atomic E-state index is 0.00472. The Morgan fingerprint density at radius 3 is 2.31 bits per heavy atom. The molecule has 0 fully saturated rings. The largest absolute Gasteiger partial charge is 0.867 e. The maximum atomic E-state index is 11.6. The van der Waals surface area contributed by atoms with E-state index in [1.807, 2.05) is 36.5 Å². The van der Waals surface area contributed by atoms with Crippen LogP contribution in [0, 0.1) is 5.92 Å². The van der Waals surface area contributed by atoms with Crippen LogP contribution < -0.4 is 5.11 Å². The zero-order chi connectivity index (χ0) is 11.4. The molecule has 0 saturated heterocycles. The van der Waals surface area contributed by atoms with Gasteiger partial charge in [-0.1, -0.05) is 64.5 Å². The van der Waals surface area contributed by atoms with Crippen LogP contribution in [0.25, 0.3) is 0 Å². The lowest BCUT2D eigenvalue weighted by Gasteiger charge is -2.12. The van der Waals surface area contributed by atoms with Crippen molar-refractivity contribution in [2.45, 2.75) is 0 Å². The Bertz CT molecular complexity index is 416. The minimum atomic E-state index is -0.176. The number of hydrogen-bond acceptors (Lipinski definition) is 4. The van der Waals surface area contributed by atoms with Crippen molar-refractivity contribution in [3.05, 3.63) is 59.3 Å². The van der Waals surface area contributed by atoms with Gasteiger partial charge in [-0.2, -0.15) is 0 Å². The first-order chi connectivity index (χ1) is 7.77. The van der Waals surface area contributed by atoms with Gasteiger partial charge in [0, 0.05) is 0 Å². The van der Waals surface area contributed by atoms with Crippen LogP contribution in [0.2, 0.25) is 0 Å². The zero-order valence-corrected chi connectivity index (χ0v) is 9.96. The second kappa shape index (κ2) is 5.27. The molecule has 0 amide bonds. The minimum Gasteiger partial charge on any atom is -0.867 e. The summed E-state index contributed by atoms with van der Waals surface area (Å²) in [6, 6.07) is 0. The highest BCUT2D eigenvalue weighted by atomic mass is 33.1. The van der Waals surface area contributed by atoms with Crippen molar-refractivity contribution in [3.63, 3.8) is 0 Å². The fourth-order valence-corrected chi connectivity index (χ4v) is 3.04. The van der Waals surface area contributed by atoms with E-state index < -0.39 is 0 Å². The van der Waals surface area contributed by atoms with E-state index in [1.54, 1.807) is 12.2 Å². The number of carbonyl (C=O) groups is 1. The van der Waals surface area contributed by atoms with Crippen LogP contribution >= 0.6 is 21.6 Å². The van der Waals surface area contributed by atoms with Crippen LogP contribution in [-0.2, 0) is 4.79 Å². The van der Waals surface area contributed by atoms with Gasteiger partial charge in [-0.25, -0.2) is 0 Å². The van der Waals surface area contributed by atoms with E-state index in [9.17, 15) is 9.90 Å². The first-order valence-corrected chi connectivity index (χ1v) is 6.92. The second-order valence-corrected chi connectivity index (χ2v) is 5.35. The van der Waals surface area contributed by atoms with E-state index in [0.717, 1.165) is 21.6 Å². The first-order valence-electron chi connectivity index (χ1n) is 4.77. The molecule has 2 nitrogen and oxygen atoms in total. The molecular weight excluding hydrogens is 240 g/mol. The quantitative estimate of drug-likeness (QED) is 0.568. The normalized spacial score (nSPS) is 17.6. The van der Waals surface area contributed by atoms with E-state index in [2.05, 4.69) is 0 Å². The molecule has 2 aliphatic carbocycles. The summed E-state index contributed by atoms with van der Waals surface area (Å²) < 4.78 is 0. The molecule has 16 heavy (non-hydrogen) atoms. The van der Waals surface area contributed by atoms with E-state index in [0.29, 0.717) is 5.57 Å². The van der Waals surface area contributed by atoms with Gasteiger partial charge >= 0.3 is 0 Å². The molecule has 0 N–H and O–H groups in total. The number of carbonyl (C=O) groups excluding carboxylic acids is 1. The van der Waals surface area contributed by atoms with Crippen LogP contribution in [0.4, 0.5) is 0 Å². The van der Waals surface area contributed by atoms with Crippen molar-refractivity contribution in [2.24, 2.45) is 5.92 Å². The Morgan fingerprint density at radius 2 is 1.69 bits per heavy atom. The SMILES string of the molecule is O=C(SSC([O-])=C1C=CC=C1)C1C=CC=C1. The summed E-state index contributed by atoms with van der Waals surface area (Å²) in [5, 5.41) is 11.5. The molecule has 0 unspecified atom stereocenters. The lowest BCUT2D eigenvalue weighted by molar-refractivity contribution is -0.284. The number of rotatable bonds is 3. The maximum absolute atomic E-state index is 11.6. The predicted molar refractivity (Wildman–Crippen MR) is 67.3 cm³/mol. The molecule has 82 valence electrons. The van der Waals surface area contributed by atoms with Crippen LogP contribution in [0.1, 0.15) is 0 Å². The maximum Gasteiger partial charge on any atom is 0.210 e. The summed E-state index contributed by atoms with van der Waals surface area (Å²) >= 11 is 0. The lowest BCUT2D eigenvalue weighted by Crippen LogP contribution is -2.04. The molecule has 4 heteroatoms. The van der Waals surface area contributed by atoms with Gasteiger partial charge in [0.05, 0.1) is 5.92 Å². The van der Waals surface area contributed by atoms with Gasteiger partial charge in [0.1, 0.15) is 0 Å². The molecule has 0 aromatic heterocycles. The van der Waals surface area contributed by atoms with Gasteiger partial charge in [0.2, 0.25) is 5.12 Å². The number of hydrogen-bond donors (Lipinski definition) is 0. The average molecular weight is 249 g/mol. The predicted octanol–water partition coefficient (Wildman–Crippen LogP) is 2.33. The molecule has 0 aromatic rings. The van der Waals surface area contributed by atoms with Crippen molar-refractivity contribution in [2.75, 3.05) is 0 Å². The summed E-state index contributed by atoms with van der Waals surface area (Å²) in [6.45, 7) is 0. The van der Waals surface area contributed by atoms with Crippen LogP contribution in [0.15, 0.2) is 59.3 Å². The Kier molecular flexibility index (Phi) is 3.74. The van der Waals surface area contributed by atoms with Crippen LogP contribution in [0.5, 0.6) is 0 Å². The van der Waals surface area contributed by atoms with Gasteiger partial charge < -0.3 is 5.11 Å². The number of allylic oxidation sites excluding steroid dienone is 9. The third-order valence-electron chi connectivity index (χ3n) is 2.12. The van der Waals surface area contributed by atoms with Gasteiger partial charge in [-0.15, -0.1) is 0 Å². The standard InChI is InChI=1S/C12H10O2S2/c13-11(9-5-1-2-6-9)15-16-12(14)10-7-3-4-8-10/h1-9,14H/p-1. The van der Waals surface area contributed by atoms with Crippen molar-refractivity contribution in [3.8, 4) is 0 Å².